The number of aliphatic hydroxyl groups is 1. The Balaban J connectivity index is 2.19. The Labute approximate surface area is 110 Å². The summed E-state index contributed by atoms with van der Waals surface area (Å²) in [7, 11) is 1.76. The smallest absolute Gasteiger partial charge is 0.169 e. The van der Waals surface area contributed by atoms with Crippen molar-refractivity contribution < 1.29 is 9.50 Å². The lowest BCUT2D eigenvalue weighted by Crippen LogP contribution is -2.37. The summed E-state index contributed by atoms with van der Waals surface area (Å²) in [6, 6.07) is 1.47. The lowest BCUT2D eigenvalue weighted by atomic mass is 9.82. The van der Waals surface area contributed by atoms with Gasteiger partial charge >= 0.3 is 0 Å². The molecule has 1 aliphatic rings. The van der Waals surface area contributed by atoms with E-state index in [0.29, 0.717) is 12.5 Å². The third-order valence-corrected chi connectivity index (χ3v) is 3.75. The number of aliphatic hydroxyl groups excluding tert-OH is 1. The van der Waals surface area contributed by atoms with Crippen molar-refractivity contribution in [1.82, 2.24) is 0 Å². The van der Waals surface area contributed by atoms with Crippen molar-refractivity contribution in [3.8, 4) is 0 Å². The minimum absolute atomic E-state index is 0.0975. The molecule has 2 rings (SSSR count). The summed E-state index contributed by atoms with van der Waals surface area (Å²) >= 11 is 5.78. The van der Waals surface area contributed by atoms with Crippen LogP contribution in [0.15, 0.2) is 6.07 Å². The third-order valence-electron chi connectivity index (χ3n) is 3.36. The summed E-state index contributed by atoms with van der Waals surface area (Å²) in [5, 5.41) is 9.14. The Bertz CT molecular complexity index is 463. The summed E-state index contributed by atoms with van der Waals surface area (Å²) < 4.78 is 14.0. The lowest BCUT2D eigenvalue weighted by Gasteiger charge is -2.35. The zero-order chi connectivity index (χ0) is 13.4. The van der Waals surface area contributed by atoms with Crippen LogP contribution in [0.1, 0.15) is 12.8 Å². The molecule has 1 fully saturated rings. The van der Waals surface area contributed by atoms with Crippen LogP contribution in [0.2, 0.25) is 5.02 Å². The number of halogens is 2. The van der Waals surface area contributed by atoms with Gasteiger partial charge in [0.05, 0.1) is 23.2 Å². The molecule has 5 N–H and O–H groups in total. The molecule has 0 heterocycles. The minimum atomic E-state index is -0.587. The van der Waals surface area contributed by atoms with Crippen LogP contribution in [0, 0.1) is 11.7 Å². The van der Waals surface area contributed by atoms with Gasteiger partial charge in [-0.2, -0.15) is 0 Å². The van der Waals surface area contributed by atoms with Gasteiger partial charge in [-0.25, -0.2) is 4.39 Å². The molecule has 0 bridgehead atoms. The maximum atomic E-state index is 14.0. The fraction of sp³-hybridized carbons (Fsp3) is 0.500. The number of rotatable bonds is 3. The van der Waals surface area contributed by atoms with Crippen LogP contribution in [-0.2, 0) is 0 Å². The van der Waals surface area contributed by atoms with E-state index in [4.69, 9.17) is 23.1 Å². The Hall–Kier alpha value is -1.20. The second kappa shape index (κ2) is 4.82. The molecule has 0 aromatic heterocycles. The first-order chi connectivity index (χ1) is 8.40. The van der Waals surface area contributed by atoms with Crippen molar-refractivity contribution in [3.05, 3.63) is 16.9 Å². The lowest BCUT2D eigenvalue weighted by molar-refractivity contribution is 0.0464. The van der Waals surface area contributed by atoms with Crippen molar-refractivity contribution >= 4 is 28.7 Å². The highest BCUT2D eigenvalue weighted by atomic mass is 35.5. The Kier molecular flexibility index (Phi) is 3.54. The van der Waals surface area contributed by atoms with Crippen LogP contribution >= 0.6 is 11.6 Å². The number of hydrogen-bond donors (Lipinski definition) is 3. The summed E-state index contributed by atoms with van der Waals surface area (Å²) in [6.07, 6.45) is 1.27. The molecule has 1 aliphatic carbocycles. The highest BCUT2D eigenvalue weighted by molar-refractivity contribution is 6.33. The van der Waals surface area contributed by atoms with Crippen LogP contribution < -0.4 is 16.4 Å². The van der Waals surface area contributed by atoms with Crippen molar-refractivity contribution in [1.29, 1.82) is 0 Å². The zero-order valence-electron chi connectivity index (χ0n) is 10.2. The second-order valence-electron chi connectivity index (χ2n) is 4.90. The number of nitrogen functional groups attached to an aromatic ring is 2. The van der Waals surface area contributed by atoms with E-state index in [1.807, 2.05) is 0 Å². The second-order valence-corrected chi connectivity index (χ2v) is 5.28. The predicted octanol–water partition coefficient (Wildman–Crippen LogP) is 1.85. The van der Waals surface area contributed by atoms with Gasteiger partial charge in [0.2, 0.25) is 0 Å². The predicted molar refractivity (Wildman–Crippen MR) is 72.2 cm³/mol. The molecule has 0 unspecified atom stereocenters. The number of hydrogen-bond acceptors (Lipinski definition) is 4. The first-order valence-corrected chi connectivity index (χ1v) is 6.20. The van der Waals surface area contributed by atoms with Gasteiger partial charge < -0.3 is 21.5 Å². The van der Waals surface area contributed by atoms with E-state index in [2.05, 4.69) is 0 Å². The van der Waals surface area contributed by atoms with E-state index >= 15 is 0 Å². The molecule has 0 spiro atoms. The van der Waals surface area contributed by atoms with E-state index < -0.39 is 5.82 Å². The third kappa shape index (κ3) is 2.33. The zero-order valence-corrected chi connectivity index (χ0v) is 10.9. The van der Waals surface area contributed by atoms with E-state index in [0.717, 1.165) is 12.8 Å². The van der Waals surface area contributed by atoms with Gasteiger partial charge in [-0.1, -0.05) is 11.6 Å². The summed E-state index contributed by atoms with van der Waals surface area (Å²) in [5.41, 5.74) is 12.0. The molecule has 0 radical (unpaired) electrons. The van der Waals surface area contributed by atoms with Crippen LogP contribution in [0.5, 0.6) is 0 Å². The quantitative estimate of drug-likeness (QED) is 0.735. The molecular formula is C12H17ClFN3O. The van der Waals surface area contributed by atoms with Gasteiger partial charge in [0, 0.05) is 13.6 Å². The molecule has 18 heavy (non-hydrogen) atoms. The fourth-order valence-electron chi connectivity index (χ4n) is 2.37. The van der Waals surface area contributed by atoms with Gasteiger partial charge in [-0.15, -0.1) is 0 Å². The standard InChI is InChI=1S/C12H17ClFN3O/c1-17(5-6-2-7(18)3-6)12-9(16)4-8(15)10(13)11(12)14/h4,6-7,18H,2-3,5,15-16H2,1H3. The van der Waals surface area contributed by atoms with E-state index in [1.54, 1.807) is 11.9 Å². The van der Waals surface area contributed by atoms with E-state index in [1.165, 1.54) is 6.07 Å². The van der Waals surface area contributed by atoms with Crippen LogP contribution in [0.3, 0.4) is 0 Å². The van der Waals surface area contributed by atoms with Gasteiger partial charge in [0.15, 0.2) is 5.82 Å². The SMILES string of the molecule is CN(CC1CC(O)C1)c1c(N)cc(N)c(Cl)c1F. The van der Waals surface area contributed by atoms with Crippen molar-refractivity contribution in [2.75, 3.05) is 30.0 Å². The average Bonchev–Trinajstić information content (AvgIpc) is 2.24. The molecule has 1 aromatic rings. The molecule has 0 amide bonds. The maximum absolute atomic E-state index is 14.0. The number of nitrogens with zero attached hydrogens (tertiary/aromatic N) is 1. The number of nitrogens with two attached hydrogens (primary N) is 2. The number of benzene rings is 1. The highest BCUT2D eigenvalue weighted by Crippen LogP contribution is 2.37. The van der Waals surface area contributed by atoms with E-state index in [-0.39, 0.29) is 28.2 Å². The van der Waals surface area contributed by atoms with Crippen molar-refractivity contribution in [2.24, 2.45) is 5.92 Å². The average molecular weight is 274 g/mol. The van der Waals surface area contributed by atoms with Gasteiger partial charge in [-0.3, -0.25) is 0 Å². The molecule has 100 valence electrons. The largest absolute Gasteiger partial charge is 0.397 e. The summed E-state index contributed by atoms with van der Waals surface area (Å²) in [6.45, 7) is 0.637. The van der Waals surface area contributed by atoms with Gasteiger partial charge in [-0.05, 0) is 24.8 Å². The number of anilines is 3. The molecule has 6 heteroatoms. The first kappa shape index (κ1) is 13.2. The Morgan fingerprint density at radius 2 is 2.06 bits per heavy atom. The normalized spacial score (nSPS) is 22.7. The molecule has 1 saturated carbocycles. The Morgan fingerprint density at radius 3 is 2.61 bits per heavy atom. The van der Waals surface area contributed by atoms with Crippen LogP contribution in [0.25, 0.3) is 0 Å². The molecule has 1 aromatic carbocycles. The first-order valence-electron chi connectivity index (χ1n) is 5.82. The van der Waals surface area contributed by atoms with Crippen molar-refractivity contribution in [3.63, 3.8) is 0 Å². The topological polar surface area (TPSA) is 75.5 Å². The molecule has 4 nitrogen and oxygen atoms in total. The monoisotopic (exact) mass is 273 g/mol. The molecule has 0 atom stereocenters. The Morgan fingerprint density at radius 1 is 1.44 bits per heavy atom. The fourth-order valence-corrected chi connectivity index (χ4v) is 2.52. The molecular weight excluding hydrogens is 257 g/mol. The molecule has 0 aliphatic heterocycles. The minimum Gasteiger partial charge on any atom is -0.397 e. The van der Waals surface area contributed by atoms with Gasteiger partial charge in [0.1, 0.15) is 5.02 Å². The summed E-state index contributed by atoms with van der Waals surface area (Å²) in [5.74, 6) is -0.225. The van der Waals surface area contributed by atoms with Gasteiger partial charge in [0.25, 0.3) is 0 Å². The molecule has 0 saturated heterocycles. The summed E-state index contributed by atoms with van der Waals surface area (Å²) in [4.78, 5) is 1.73. The highest BCUT2D eigenvalue weighted by Gasteiger charge is 2.29. The maximum Gasteiger partial charge on any atom is 0.169 e. The van der Waals surface area contributed by atoms with Crippen LogP contribution in [-0.4, -0.2) is 24.8 Å². The van der Waals surface area contributed by atoms with Crippen molar-refractivity contribution in [2.45, 2.75) is 18.9 Å². The van der Waals surface area contributed by atoms with Crippen LogP contribution in [0.4, 0.5) is 21.5 Å². The van der Waals surface area contributed by atoms with E-state index in [9.17, 15) is 9.50 Å².